The molecular formula is C28H34O10. The Kier molecular flexibility index (Phi) is 11.4. The summed E-state index contributed by atoms with van der Waals surface area (Å²) in [5.41, 5.74) is 0.511. The van der Waals surface area contributed by atoms with Crippen molar-refractivity contribution in [3.8, 4) is 46.3 Å². The summed E-state index contributed by atoms with van der Waals surface area (Å²) in [4.78, 5) is 26.0. The maximum Gasteiger partial charge on any atom is 0.339 e. The molecule has 206 valence electrons. The topological polar surface area (TPSA) is 108 Å². The predicted molar refractivity (Wildman–Crippen MR) is 139 cm³/mol. The molecule has 0 bridgehead atoms. The lowest BCUT2D eigenvalue weighted by Crippen LogP contribution is -2.11. The molecule has 0 atom stereocenters. The second kappa shape index (κ2) is 14.5. The first-order chi connectivity index (χ1) is 18.4. The van der Waals surface area contributed by atoms with E-state index in [2.05, 4.69) is 11.8 Å². The molecule has 0 N–H and O–H groups in total. The van der Waals surface area contributed by atoms with E-state index in [9.17, 15) is 9.59 Å². The Bertz CT molecular complexity index is 1120. The molecule has 0 saturated heterocycles. The van der Waals surface area contributed by atoms with Crippen LogP contribution in [-0.2, 0) is 9.47 Å². The Morgan fingerprint density at radius 2 is 0.921 bits per heavy atom. The summed E-state index contributed by atoms with van der Waals surface area (Å²) >= 11 is 0. The van der Waals surface area contributed by atoms with Crippen molar-refractivity contribution in [2.24, 2.45) is 0 Å². The molecule has 0 aliphatic rings. The maximum absolute atomic E-state index is 13.0. The number of carbonyl (C=O) groups excluding carboxylic acids is 2. The zero-order chi connectivity index (χ0) is 28.2. The van der Waals surface area contributed by atoms with Crippen molar-refractivity contribution < 1.29 is 47.5 Å². The van der Waals surface area contributed by atoms with Gasteiger partial charge in [-0.1, -0.05) is 25.7 Å². The molecule has 10 nitrogen and oxygen atoms in total. The van der Waals surface area contributed by atoms with Crippen molar-refractivity contribution in [1.29, 1.82) is 0 Å². The van der Waals surface area contributed by atoms with Crippen LogP contribution in [0, 0.1) is 11.8 Å². The normalized spacial score (nSPS) is 10.0. The van der Waals surface area contributed by atoms with Gasteiger partial charge in [0.05, 0.1) is 78.1 Å². The van der Waals surface area contributed by atoms with Crippen LogP contribution in [0.2, 0.25) is 0 Å². The fourth-order valence-electron chi connectivity index (χ4n) is 3.55. The molecule has 0 saturated carbocycles. The second-order valence-corrected chi connectivity index (χ2v) is 7.66. The van der Waals surface area contributed by atoms with E-state index in [1.807, 2.05) is 13.8 Å². The van der Waals surface area contributed by atoms with Crippen LogP contribution < -0.4 is 28.4 Å². The Balaban J connectivity index is 2.94. The van der Waals surface area contributed by atoms with E-state index in [0.29, 0.717) is 12.8 Å². The van der Waals surface area contributed by atoms with Gasteiger partial charge < -0.3 is 37.9 Å². The molecule has 0 amide bonds. The van der Waals surface area contributed by atoms with E-state index < -0.39 is 11.9 Å². The number of esters is 2. The second-order valence-electron chi connectivity index (χ2n) is 7.66. The van der Waals surface area contributed by atoms with Gasteiger partial charge in [-0.25, -0.2) is 9.59 Å². The molecule has 0 heterocycles. The molecular weight excluding hydrogens is 496 g/mol. The molecule has 0 radical (unpaired) electrons. The summed E-state index contributed by atoms with van der Waals surface area (Å²) in [7, 11) is 8.57. The number of hydrogen-bond acceptors (Lipinski definition) is 10. The average molecular weight is 531 g/mol. The zero-order valence-corrected chi connectivity index (χ0v) is 23.1. The molecule has 2 aromatic rings. The highest BCUT2D eigenvalue weighted by Crippen LogP contribution is 2.44. The Morgan fingerprint density at radius 1 is 0.579 bits per heavy atom. The highest BCUT2D eigenvalue weighted by Gasteiger charge is 2.27. The molecule has 0 aliphatic heterocycles. The van der Waals surface area contributed by atoms with Crippen LogP contribution >= 0.6 is 0 Å². The fraction of sp³-hybridized carbons (Fsp3) is 0.429. The van der Waals surface area contributed by atoms with Gasteiger partial charge in [-0.05, 0) is 12.8 Å². The van der Waals surface area contributed by atoms with E-state index >= 15 is 0 Å². The van der Waals surface area contributed by atoms with Gasteiger partial charge in [0.1, 0.15) is 0 Å². The number of methoxy groups -OCH3 is 6. The van der Waals surface area contributed by atoms with Gasteiger partial charge >= 0.3 is 11.9 Å². The lowest BCUT2D eigenvalue weighted by Gasteiger charge is -2.17. The summed E-state index contributed by atoms with van der Waals surface area (Å²) in [6, 6.07) is 2.93. The van der Waals surface area contributed by atoms with E-state index in [1.165, 1.54) is 54.8 Å². The first-order valence-electron chi connectivity index (χ1n) is 11.9. The molecule has 0 aromatic heterocycles. The van der Waals surface area contributed by atoms with Crippen LogP contribution in [0.5, 0.6) is 34.5 Å². The quantitative estimate of drug-likeness (QED) is 0.292. The van der Waals surface area contributed by atoms with E-state index in [-0.39, 0.29) is 70.0 Å². The number of hydrogen-bond donors (Lipinski definition) is 0. The van der Waals surface area contributed by atoms with Crippen LogP contribution in [0.25, 0.3) is 0 Å². The predicted octanol–water partition coefficient (Wildman–Crippen LogP) is 4.27. The maximum atomic E-state index is 13.0. The third-order valence-electron chi connectivity index (χ3n) is 5.29. The molecule has 0 unspecified atom stereocenters. The van der Waals surface area contributed by atoms with Crippen molar-refractivity contribution in [2.75, 3.05) is 55.9 Å². The number of carbonyl (C=O) groups is 2. The highest BCUT2D eigenvalue weighted by atomic mass is 16.5. The lowest BCUT2D eigenvalue weighted by atomic mass is 10.0. The zero-order valence-electron chi connectivity index (χ0n) is 23.1. The molecule has 0 aliphatic carbocycles. The standard InChI is InChI=1S/C28H34O10/c1-9-13-37-27(29)19-15-21(31-3)25(35-7)23(33-5)17(19)11-12-18-20(28(30)38-14-10-2)16-22(32-4)26(36-8)24(18)34-6/h15-16H,9-10,13-14H2,1-8H3. The first kappa shape index (κ1) is 30.0. The third kappa shape index (κ3) is 6.35. The van der Waals surface area contributed by atoms with Crippen LogP contribution in [0.4, 0.5) is 0 Å². The van der Waals surface area contributed by atoms with Crippen molar-refractivity contribution >= 4 is 11.9 Å². The van der Waals surface area contributed by atoms with E-state index in [0.717, 1.165) is 0 Å². The largest absolute Gasteiger partial charge is 0.493 e. The summed E-state index contributed by atoms with van der Waals surface area (Å²) in [5, 5.41) is 0. The minimum Gasteiger partial charge on any atom is -0.493 e. The smallest absolute Gasteiger partial charge is 0.339 e. The highest BCUT2D eigenvalue weighted by molar-refractivity contribution is 5.97. The van der Waals surface area contributed by atoms with E-state index in [1.54, 1.807) is 0 Å². The van der Waals surface area contributed by atoms with Gasteiger partial charge in [0.25, 0.3) is 0 Å². The van der Waals surface area contributed by atoms with Crippen molar-refractivity contribution in [3.05, 3.63) is 34.4 Å². The summed E-state index contributed by atoms with van der Waals surface area (Å²) in [5.74, 6) is 5.92. The molecule has 2 aromatic carbocycles. The van der Waals surface area contributed by atoms with E-state index in [4.69, 9.17) is 37.9 Å². The molecule has 38 heavy (non-hydrogen) atoms. The van der Waals surface area contributed by atoms with Gasteiger partial charge in [0.15, 0.2) is 23.0 Å². The van der Waals surface area contributed by atoms with Crippen LogP contribution in [-0.4, -0.2) is 67.8 Å². The van der Waals surface area contributed by atoms with Gasteiger partial charge in [-0.2, -0.15) is 0 Å². The van der Waals surface area contributed by atoms with Crippen LogP contribution in [0.3, 0.4) is 0 Å². The van der Waals surface area contributed by atoms with Crippen molar-refractivity contribution in [1.82, 2.24) is 0 Å². The van der Waals surface area contributed by atoms with Gasteiger partial charge in [-0.3, -0.25) is 0 Å². The Labute approximate surface area is 223 Å². The fourth-order valence-corrected chi connectivity index (χ4v) is 3.55. The van der Waals surface area contributed by atoms with Crippen molar-refractivity contribution in [3.63, 3.8) is 0 Å². The minimum atomic E-state index is -0.628. The lowest BCUT2D eigenvalue weighted by molar-refractivity contribution is 0.0494. The monoisotopic (exact) mass is 530 g/mol. The Hall–Kier alpha value is -4.26. The van der Waals surface area contributed by atoms with Gasteiger partial charge in [0, 0.05) is 12.1 Å². The number of benzene rings is 2. The Morgan fingerprint density at radius 3 is 1.18 bits per heavy atom. The van der Waals surface area contributed by atoms with Gasteiger partial charge in [-0.15, -0.1) is 0 Å². The summed E-state index contributed by atoms with van der Waals surface area (Å²) in [6.45, 7) is 4.18. The summed E-state index contributed by atoms with van der Waals surface area (Å²) < 4.78 is 43.7. The first-order valence-corrected chi connectivity index (χ1v) is 11.9. The third-order valence-corrected chi connectivity index (χ3v) is 5.29. The number of rotatable bonds is 12. The minimum absolute atomic E-state index is 0.0926. The molecule has 0 spiro atoms. The van der Waals surface area contributed by atoms with Crippen molar-refractivity contribution in [2.45, 2.75) is 26.7 Å². The van der Waals surface area contributed by atoms with Crippen LogP contribution in [0.1, 0.15) is 58.5 Å². The number of ether oxygens (including phenoxy) is 8. The summed E-state index contributed by atoms with van der Waals surface area (Å²) in [6.07, 6.45) is 1.26. The SMILES string of the molecule is CCCOC(=O)c1cc(OC)c(OC)c(OC)c1C#Cc1c(C(=O)OCCC)cc(OC)c(OC)c1OC. The molecule has 2 rings (SSSR count). The van der Waals surface area contributed by atoms with Gasteiger partial charge in [0.2, 0.25) is 11.5 Å². The van der Waals surface area contributed by atoms with Crippen LogP contribution in [0.15, 0.2) is 12.1 Å². The molecule has 0 fully saturated rings. The molecule has 10 heteroatoms. The average Bonchev–Trinajstić information content (AvgIpc) is 2.95.